The third-order valence-corrected chi connectivity index (χ3v) is 4.56. The van der Waals surface area contributed by atoms with Gasteiger partial charge in [-0.05, 0) is 50.5 Å². The van der Waals surface area contributed by atoms with Crippen molar-refractivity contribution in [3.63, 3.8) is 0 Å². The smallest absolute Gasteiger partial charge is 0.282 e. The van der Waals surface area contributed by atoms with E-state index in [0.717, 1.165) is 0 Å². The van der Waals surface area contributed by atoms with Gasteiger partial charge in [0.15, 0.2) is 6.04 Å². The van der Waals surface area contributed by atoms with Crippen LogP contribution in [0.4, 0.5) is 5.69 Å². The molecule has 0 heterocycles. The first kappa shape index (κ1) is 16.5. The Morgan fingerprint density at radius 1 is 1.23 bits per heavy atom. The molecule has 5 nitrogen and oxygen atoms in total. The van der Waals surface area contributed by atoms with Gasteiger partial charge in [0.05, 0.1) is 6.04 Å². The van der Waals surface area contributed by atoms with Crippen LogP contribution in [0.3, 0.4) is 0 Å². The van der Waals surface area contributed by atoms with Crippen molar-refractivity contribution >= 4 is 17.5 Å². The van der Waals surface area contributed by atoms with Gasteiger partial charge in [-0.25, -0.2) is 0 Å². The van der Waals surface area contributed by atoms with Crippen LogP contribution < -0.4 is 16.4 Å². The second-order valence-electron chi connectivity index (χ2n) is 6.34. The molecule has 0 aliphatic heterocycles. The molecule has 2 amide bonds. The van der Waals surface area contributed by atoms with Crippen LogP contribution in [0.15, 0.2) is 24.3 Å². The summed E-state index contributed by atoms with van der Waals surface area (Å²) in [6.07, 6.45) is 5.00. The highest BCUT2D eigenvalue weighted by molar-refractivity contribution is 5.95. The van der Waals surface area contributed by atoms with Gasteiger partial charge in [-0.2, -0.15) is 0 Å². The minimum absolute atomic E-state index is 0.00963. The van der Waals surface area contributed by atoms with Crippen molar-refractivity contribution < 1.29 is 14.9 Å². The zero-order valence-electron chi connectivity index (χ0n) is 13.3. The molecule has 0 aromatic heterocycles. The van der Waals surface area contributed by atoms with Gasteiger partial charge in [-0.3, -0.25) is 9.59 Å². The summed E-state index contributed by atoms with van der Waals surface area (Å²) in [4.78, 5) is 23.3. The Bertz CT molecular complexity index is 527. The number of hydrogen-bond acceptors (Lipinski definition) is 2. The summed E-state index contributed by atoms with van der Waals surface area (Å²) in [6.45, 7) is 4.21. The maximum absolute atomic E-state index is 12.3. The van der Waals surface area contributed by atoms with Gasteiger partial charge in [0, 0.05) is 17.2 Å². The predicted octanol–water partition coefficient (Wildman–Crippen LogP) is 1.25. The topological polar surface area (TPSA) is 88.8 Å². The lowest BCUT2D eigenvalue weighted by Crippen LogP contribution is -2.97. The molecular formula is C17H26N3O2+. The number of amides is 2. The van der Waals surface area contributed by atoms with Gasteiger partial charge in [0.25, 0.3) is 5.91 Å². The molecule has 5 heteroatoms. The number of primary amides is 1. The molecule has 3 atom stereocenters. The molecule has 2 rings (SSSR count). The van der Waals surface area contributed by atoms with E-state index >= 15 is 0 Å². The maximum Gasteiger partial charge on any atom is 0.282 e. The van der Waals surface area contributed by atoms with Gasteiger partial charge >= 0.3 is 0 Å². The average molecular weight is 304 g/mol. The van der Waals surface area contributed by atoms with Crippen molar-refractivity contribution in [2.75, 3.05) is 5.32 Å². The van der Waals surface area contributed by atoms with Gasteiger partial charge in [-0.15, -0.1) is 0 Å². The monoisotopic (exact) mass is 304 g/mol. The van der Waals surface area contributed by atoms with E-state index in [2.05, 4.69) is 17.6 Å². The van der Waals surface area contributed by atoms with Crippen LogP contribution >= 0.6 is 0 Å². The van der Waals surface area contributed by atoms with Crippen LogP contribution in [-0.2, 0) is 4.79 Å². The standard InChI is InChI=1S/C17H25N3O2/c1-11-5-3-4-6-15(11)19-12(2)17(22)20-14-9-7-13(8-10-14)16(18)21/h7-12,15,19H,3-6H2,1-2H3,(H2,18,21)(H,20,22)/p+1/t11-,12-,15+/m0/s1. The van der Waals surface area contributed by atoms with E-state index in [-0.39, 0.29) is 11.9 Å². The number of carbonyl (C=O) groups excluding carboxylic acids is 2. The minimum atomic E-state index is -0.467. The van der Waals surface area contributed by atoms with E-state index in [1.807, 2.05) is 6.92 Å². The molecule has 0 radical (unpaired) electrons. The summed E-state index contributed by atoms with van der Waals surface area (Å²) in [5, 5.41) is 5.08. The fourth-order valence-corrected chi connectivity index (χ4v) is 3.06. The molecular weight excluding hydrogens is 278 g/mol. The van der Waals surface area contributed by atoms with Crippen molar-refractivity contribution in [3.05, 3.63) is 29.8 Å². The second-order valence-corrected chi connectivity index (χ2v) is 6.34. The molecule has 1 fully saturated rings. The lowest BCUT2D eigenvalue weighted by atomic mass is 9.85. The van der Waals surface area contributed by atoms with Crippen LogP contribution in [-0.4, -0.2) is 23.9 Å². The van der Waals surface area contributed by atoms with Crippen LogP contribution in [0.2, 0.25) is 0 Å². The number of anilines is 1. The van der Waals surface area contributed by atoms with E-state index in [4.69, 9.17) is 5.73 Å². The number of nitrogens with one attached hydrogen (secondary N) is 1. The normalized spacial score (nSPS) is 22.8. The first-order valence-electron chi connectivity index (χ1n) is 8.03. The number of nitrogens with two attached hydrogens (primary N) is 2. The Labute approximate surface area is 131 Å². The van der Waals surface area contributed by atoms with E-state index in [1.54, 1.807) is 24.3 Å². The molecule has 1 aliphatic carbocycles. The summed E-state index contributed by atoms with van der Waals surface area (Å²) in [6, 6.07) is 7.06. The van der Waals surface area contributed by atoms with Gasteiger partial charge in [-0.1, -0.05) is 13.3 Å². The fourth-order valence-electron chi connectivity index (χ4n) is 3.06. The van der Waals surface area contributed by atoms with Crippen LogP contribution in [0, 0.1) is 5.92 Å². The van der Waals surface area contributed by atoms with E-state index in [1.165, 1.54) is 25.7 Å². The number of carbonyl (C=O) groups is 2. The van der Waals surface area contributed by atoms with Crippen molar-refractivity contribution in [2.24, 2.45) is 11.7 Å². The molecule has 0 unspecified atom stereocenters. The Balaban J connectivity index is 1.89. The first-order chi connectivity index (χ1) is 10.5. The molecule has 1 saturated carbocycles. The molecule has 0 bridgehead atoms. The minimum Gasteiger partial charge on any atom is -0.366 e. The van der Waals surface area contributed by atoms with Crippen LogP contribution in [0.1, 0.15) is 49.9 Å². The molecule has 1 aliphatic rings. The first-order valence-corrected chi connectivity index (χ1v) is 8.03. The van der Waals surface area contributed by atoms with Crippen molar-refractivity contribution in [2.45, 2.75) is 51.6 Å². The van der Waals surface area contributed by atoms with Gasteiger partial charge in [0.1, 0.15) is 0 Å². The second kappa shape index (κ2) is 7.40. The zero-order chi connectivity index (χ0) is 16.1. The number of quaternary nitrogens is 1. The van der Waals surface area contributed by atoms with Crippen molar-refractivity contribution in [1.82, 2.24) is 0 Å². The van der Waals surface area contributed by atoms with E-state index in [9.17, 15) is 9.59 Å². The summed E-state index contributed by atoms with van der Waals surface area (Å²) < 4.78 is 0. The Hall–Kier alpha value is -1.88. The van der Waals surface area contributed by atoms with Crippen molar-refractivity contribution in [1.29, 1.82) is 0 Å². The largest absolute Gasteiger partial charge is 0.366 e. The third-order valence-electron chi connectivity index (χ3n) is 4.56. The van der Waals surface area contributed by atoms with Crippen molar-refractivity contribution in [3.8, 4) is 0 Å². The molecule has 5 N–H and O–H groups in total. The molecule has 1 aromatic rings. The quantitative estimate of drug-likeness (QED) is 0.764. The van der Waals surface area contributed by atoms with E-state index in [0.29, 0.717) is 23.2 Å². The number of rotatable bonds is 5. The molecule has 120 valence electrons. The zero-order valence-corrected chi connectivity index (χ0v) is 13.3. The maximum atomic E-state index is 12.3. The Kier molecular flexibility index (Phi) is 5.55. The highest BCUT2D eigenvalue weighted by Gasteiger charge is 2.28. The van der Waals surface area contributed by atoms with Crippen LogP contribution in [0.25, 0.3) is 0 Å². The Morgan fingerprint density at radius 2 is 1.86 bits per heavy atom. The van der Waals surface area contributed by atoms with Gasteiger partial charge in [0.2, 0.25) is 5.91 Å². The third kappa shape index (κ3) is 4.31. The molecule has 0 spiro atoms. The SMILES string of the molecule is C[C@H]([NH2+][C@@H]1CCCC[C@@H]1C)C(=O)Nc1ccc(C(N)=O)cc1. The predicted molar refractivity (Wildman–Crippen MR) is 86.4 cm³/mol. The summed E-state index contributed by atoms with van der Waals surface area (Å²) >= 11 is 0. The summed E-state index contributed by atoms with van der Waals surface area (Å²) in [5.74, 6) is 0.189. The number of benzene rings is 1. The number of hydrogen-bond donors (Lipinski definition) is 3. The summed E-state index contributed by atoms with van der Waals surface area (Å²) in [5.41, 5.74) is 6.32. The van der Waals surface area contributed by atoms with Crippen LogP contribution in [0.5, 0.6) is 0 Å². The Morgan fingerprint density at radius 3 is 2.45 bits per heavy atom. The molecule has 22 heavy (non-hydrogen) atoms. The van der Waals surface area contributed by atoms with Gasteiger partial charge < -0.3 is 16.4 Å². The average Bonchev–Trinajstić information content (AvgIpc) is 2.50. The highest BCUT2D eigenvalue weighted by atomic mass is 16.2. The lowest BCUT2D eigenvalue weighted by molar-refractivity contribution is -0.714. The lowest BCUT2D eigenvalue weighted by Gasteiger charge is -2.28. The summed E-state index contributed by atoms with van der Waals surface area (Å²) in [7, 11) is 0. The fraction of sp³-hybridized carbons (Fsp3) is 0.529. The molecule has 0 saturated heterocycles. The van der Waals surface area contributed by atoms with E-state index < -0.39 is 5.91 Å². The molecule has 1 aromatic carbocycles. The highest BCUT2D eigenvalue weighted by Crippen LogP contribution is 2.21.